The minimum absolute atomic E-state index is 0.294. The third-order valence-corrected chi connectivity index (χ3v) is 7.45. The van der Waals surface area contributed by atoms with Crippen molar-refractivity contribution >= 4 is 17.3 Å². The number of fused-ring (bicyclic) bond motifs is 1. The van der Waals surface area contributed by atoms with Gasteiger partial charge in [0.2, 0.25) is 0 Å². The lowest BCUT2D eigenvalue weighted by Gasteiger charge is -2.40. The molecule has 4 heterocycles. The summed E-state index contributed by atoms with van der Waals surface area (Å²) in [6.07, 6.45) is 14.8. The van der Waals surface area contributed by atoms with E-state index in [0.29, 0.717) is 35.9 Å². The molecule has 0 unspecified atom stereocenters. The highest BCUT2D eigenvalue weighted by molar-refractivity contribution is 5.60. The molecule has 1 aliphatic heterocycles. The van der Waals surface area contributed by atoms with Crippen molar-refractivity contribution in [2.24, 2.45) is 5.41 Å². The second kappa shape index (κ2) is 9.15. The molecule has 3 aromatic rings. The van der Waals surface area contributed by atoms with E-state index < -0.39 is 0 Å². The van der Waals surface area contributed by atoms with Crippen molar-refractivity contribution in [2.45, 2.75) is 71.6 Å². The van der Waals surface area contributed by atoms with Crippen LogP contribution in [0.15, 0.2) is 18.5 Å². The molecule has 2 fully saturated rings. The lowest BCUT2D eigenvalue weighted by molar-refractivity contribution is 0.226. The van der Waals surface area contributed by atoms with E-state index in [-0.39, 0.29) is 0 Å². The van der Waals surface area contributed by atoms with Gasteiger partial charge in [0.1, 0.15) is 5.82 Å². The molecule has 8 nitrogen and oxygen atoms in total. The Morgan fingerprint density at radius 2 is 1.88 bits per heavy atom. The molecule has 2 N–H and O–H groups in total. The first-order valence-corrected chi connectivity index (χ1v) is 12.4. The number of rotatable bonds is 7. The van der Waals surface area contributed by atoms with Crippen LogP contribution < -0.4 is 15.4 Å². The van der Waals surface area contributed by atoms with Crippen molar-refractivity contribution in [3.63, 3.8) is 0 Å². The second-order valence-electron chi connectivity index (χ2n) is 9.82. The van der Waals surface area contributed by atoms with Gasteiger partial charge in [-0.3, -0.25) is 0 Å². The lowest BCUT2D eigenvalue weighted by atomic mass is 9.77. The first kappa shape index (κ1) is 21.9. The zero-order chi connectivity index (χ0) is 22.8. The molecule has 3 aromatic heterocycles. The highest BCUT2D eigenvalue weighted by Gasteiger charge is 2.37. The van der Waals surface area contributed by atoms with Crippen molar-refractivity contribution in [1.29, 1.82) is 0 Å². The summed E-state index contributed by atoms with van der Waals surface area (Å²) >= 11 is 0. The van der Waals surface area contributed by atoms with Gasteiger partial charge in [0, 0.05) is 25.7 Å². The van der Waals surface area contributed by atoms with Crippen LogP contribution in [0, 0.1) is 12.3 Å². The predicted octanol–water partition coefficient (Wildman–Crippen LogP) is 4.34. The van der Waals surface area contributed by atoms with Crippen LogP contribution in [0.25, 0.3) is 5.65 Å². The third-order valence-electron chi connectivity index (χ3n) is 7.45. The third kappa shape index (κ3) is 4.48. The van der Waals surface area contributed by atoms with Crippen LogP contribution in [-0.4, -0.2) is 44.3 Å². The maximum absolute atomic E-state index is 6.11. The van der Waals surface area contributed by atoms with Gasteiger partial charge >= 0.3 is 6.01 Å². The van der Waals surface area contributed by atoms with E-state index in [0.717, 1.165) is 43.0 Å². The summed E-state index contributed by atoms with van der Waals surface area (Å²) in [5.74, 6) is 1.46. The monoisotopic (exact) mass is 449 g/mol. The van der Waals surface area contributed by atoms with Gasteiger partial charge in [-0.15, -0.1) is 5.10 Å². The average Bonchev–Trinajstić information content (AvgIpc) is 3.43. The van der Waals surface area contributed by atoms with E-state index >= 15 is 0 Å². The fraction of sp³-hybridized carbons (Fsp3) is 0.600. The van der Waals surface area contributed by atoms with Gasteiger partial charge in [-0.05, 0) is 55.6 Å². The summed E-state index contributed by atoms with van der Waals surface area (Å²) in [7, 11) is 0. The number of nitrogens with zero attached hydrogens (tertiary/aromatic N) is 6. The van der Waals surface area contributed by atoms with E-state index in [1.807, 2.05) is 12.4 Å². The van der Waals surface area contributed by atoms with E-state index in [9.17, 15) is 0 Å². The van der Waals surface area contributed by atoms with Gasteiger partial charge < -0.3 is 15.4 Å². The average molecular weight is 450 g/mol. The molecule has 1 saturated carbocycles. The van der Waals surface area contributed by atoms with Gasteiger partial charge in [-0.2, -0.15) is 4.98 Å². The molecular formula is C25H35N7O. The molecule has 0 bridgehead atoms. The van der Waals surface area contributed by atoms with Crippen molar-refractivity contribution in [2.75, 3.05) is 30.3 Å². The quantitative estimate of drug-likeness (QED) is 0.536. The van der Waals surface area contributed by atoms with Crippen molar-refractivity contribution in [1.82, 2.24) is 24.6 Å². The molecular weight excluding hydrogens is 414 g/mol. The van der Waals surface area contributed by atoms with Crippen molar-refractivity contribution in [3.8, 4) is 6.01 Å². The van der Waals surface area contributed by atoms with Crippen LogP contribution >= 0.6 is 0 Å². The normalized spacial score (nSPS) is 17.8. The zero-order valence-electron chi connectivity index (χ0n) is 19.9. The standard InChI is InChI=1S/C25H35N7O/c1-3-4-13-33-24-29-21(26)23-28-17-20(32(23)30-24)15-19-14-18(2)22(27-16-19)31-11-9-25(10-12-31)7-5-6-8-25/h14,16-17H,3-13,15H2,1-2H3,(H2,26,29,30). The molecule has 5 rings (SSSR count). The molecule has 2 aliphatic rings. The smallest absolute Gasteiger partial charge is 0.336 e. The minimum atomic E-state index is 0.294. The number of nitrogen functional groups attached to an aromatic ring is 1. The maximum Gasteiger partial charge on any atom is 0.336 e. The molecule has 8 heteroatoms. The van der Waals surface area contributed by atoms with E-state index in [1.165, 1.54) is 44.1 Å². The van der Waals surface area contributed by atoms with Crippen LogP contribution in [0.1, 0.15) is 75.1 Å². The molecule has 1 saturated heterocycles. The Morgan fingerprint density at radius 3 is 2.61 bits per heavy atom. The van der Waals surface area contributed by atoms with Crippen molar-refractivity contribution in [3.05, 3.63) is 35.3 Å². The number of hydrogen-bond donors (Lipinski definition) is 1. The topological polar surface area (TPSA) is 94.5 Å². The first-order chi connectivity index (χ1) is 16.1. The summed E-state index contributed by atoms with van der Waals surface area (Å²) in [4.78, 5) is 16.0. The molecule has 0 aromatic carbocycles. The van der Waals surface area contributed by atoms with Gasteiger partial charge in [0.05, 0.1) is 18.5 Å². The Bertz CT molecular complexity index is 1110. The maximum atomic E-state index is 6.11. The van der Waals surface area contributed by atoms with Crippen LogP contribution in [-0.2, 0) is 6.42 Å². The molecule has 33 heavy (non-hydrogen) atoms. The number of anilines is 2. The van der Waals surface area contributed by atoms with Gasteiger partial charge in [0.15, 0.2) is 11.5 Å². The summed E-state index contributed by atoms with van der Waals surface area (Å²) in [6.45, 7) is 7.11. The number of ether oxygens (including phenoxy) is 1. The number of imidazole rings is 1. The van der Waals surface area contributed by atoms with Crippen LogP contribution in [0.2, 0.25) is 0 Å². The molecule has 1 aliphatic carbocycles. The summed E-state index contributed by atoms with van der Waals surface area (Å²) in [5.41, 5.74) is 10.6. The molecule has 0 radical (unpaired) electrons. The Hall–Kier alpha value is -2.90. The number of piperidine rings is 1. The number of aryl methyl sites for hydroxylation is 1. The van der Waals surface area contributed by atoms with E-state index in [4.69, 9.17) is 15.5 Å². The number of unbranched alkanes of at least 4 members (excludes halogenated alkanes) is 1. The number of pyridine rings is 1. The SMILES string of the molecule is CCCCOc1nc(N)c2ncc(Cc3cnc(N4CCC5(CCCC5)CC4)c(C)c3)n2n1. The molecule has 1 spiro atoms. The minimum Gasteiger partial charge on any atom is -0.462 e. The zero-order valence-corrected chi connectivity index (χ0v) is 19.9. The Morgan fingerprint density at radius 1 is 1.09 bits per heavy atom. The number of aromatic nitrogens is 5. The highest BCUT2D eigenvalue weighted by atomic mass is 16.5. The second-order valence-corrected chi connectivity index (χ2v) is 9.82. The number of hydrogen-bond acceptors (Lipinski definition) is 7. The van der Waals surface area contributed by atoms with E-state index in [2.05, 4.69) is 39.9 Å². The highest BCUT2D eigenvalue weighted by Crippen LogP contribution is 2.46. The van der Waals surface area contributed by atoms with Crippen LogP contribution in [0.3, 0.4) is 0 Å². The largest absolute Gasteiger partial charge is 0.462 e. The fourth-order valence-electron chi connectivity index (χ4n) is 5.50. The Kier molecular flexibility index (Phi) is 6.08. The fourth-order valence-corrected chi connectivity index (χ4v) is 5.50. The predicted molar refractivity (Wildman–Crippen MR) is 130 cm³/mol. The van der Waals surface area contributed by atoms with Crippen molar-refractivity contribution < 1.29 is 4.74 Å². The summed E-state index contributed by atoms with van der Waals surface area (Å²) < 4.78 is 7.43. The molecule has 176 valence electrons. The Labute approximate surface area is 195 Å². The molecule has 0 atom stereocenters. The van der Waals surface area contributed by atoms with E-state index in [1.54, 1.807) is 4.52 Å². The molecule has 0 amide bonds. The van der Waals surface area contributed by atoms with Gasteiger partial charge in [-0.1, -0.05) is 32.3 Å². The summed E-state index contributed by atoms with van der Waals surface area (Å²) in [5, 5.41) is 4.52. The van der Waals surface area contributed by atoms with Crippen LogP contribution in [0.5, 0.6) is 6.01 Å². The first-order valence-electron chi connectivity index (χ1n) is 12.4. The lowest BCUT2D eigenvalue weighted by Crippen LogP contribution is -2.39. The van der Waals surface area contributed by atoms with Crippen LogP contribution in [0.4, 0.5) is 11.6 Å². The summed E-state index contributed by atoms with van der Waals surface area (Å²) in [6, 6.07) is 2.53. The van der Waals surface area contributed by atoms with Gasteiger partial charge in [0.25, 0.3) is 0 Å². The Balaban J connectivity index is 1.31. The number of nitrogens with two attached hydrogens (primary N) is 1. The van der Waals surface area contributed by atoms with Gasteiger partial charge in [-0.25, -0.2) is 14.5 Å².